The van der Waals surface area contributed by atoms with Gasteiger partial charge in [-0.15, -0.1) is 11.3 Å². The van der Waals surface area contributed by atoms with Gasteiger partial charge in [0.15, 0.2) is 5.13 Å². The number of aromatic nitrogens is 1. The molecule has 2 rings (SSSR count). The van der Waals surface area contributed by atoms with Crippen LogP contribution in [0.4, 0.5) is 5.13 Å². The number of anilines is 1. The molecule has 5 nitrogen and oxygen atoms in total. The Morgan fingerprint density at radius 2 is 2.12 bits per heavy atom. The molecule has 0 saturated carbocycles. The molecule has 1 aromatic heterocycles. The highest BCUT2D eigenvalue weighted by molar-refractivity contribution is 7.15. The number of thiazole rings is 1. The van der Waals surface area contributed by atoms with Crippen LogP contribution in [0.1, 0.15) is 36.0 Å². The first-order valence-corrected chi connectivity index (χ1v) is 8.87. The fourth-order valence-corrected chi connectivity index (χ4v) is 3.50. The van der Waals surface area contributed by atoms with Crippen molar-refractivity contribution in [3.8, 4) is 5.75 Å². The van der Waals surface area contributed by atoms with Crippen molar-refractivity contribution in [3.05, 3.63) is 40.4 Å². The lowest BCUT2D eigenvalue weighted by atomic mass is 10.1. The number of methoxy groups -OCH3 is 1. The Hall–Kier alpha value is -1.92. The molecule has 0 bridgehead atoms. The van der Waals surface area contributed by atoms with Crippen molar-refractivity contribution in [1.82, 2.24) is 9.88 Å². The second kappa shape index (κ2) is 8.26. The number of likely N-dealkylation sites (N-methyl/N-ethyl adjacent to an activating group) is 1. The smallest absolute Gasteiger partial charge is 0.240 e. The van der Waals surface area contributed by atoms with Gasteiger partial charge >= 0.3 is 0 Å². The van der Waals surface area contributed by atoms with Crippen LogP contribution in [0.3, 0.4) is 0 Å². The van der Waals surface area contributed by atoms with Gasteiger partial charge in [-0.25, -0.2) is 4.98 Å². The first-order chi connectivity index (χ1) is 11.5. The van der Waals surface area contributed by atoms with E-state index in [2.05, 4.69) is 24.1 Å². The highest BCUT2D eigenvalue weighted by atomic mass is 32.1. The Morgan fingerprint density at radius 3 is 2.75 bits per heavy atom. The molecule has 0 spiro atoms. The van der Waals surface area contributed by atoms with E-state index in [1.54, 1.807) is 7.11 Å². The van der Waals surface area contributed by atoms with Crippen molar-refractivity contribution in [2.45, 2.75) is 33.2 Å². The molecule has 0 aliphatic carbocycles. The van der Waals surface area contributed by atoms with E-state index in [1.165, 1.54) is 11.3 Å². The van der Waals surface area contributed by atoms with Crippen molar-refractivity contribution < 1.29 is 9.53 Å². The highest BCUT2D eigenvalue weighted by Gasteiger charge is 2.18. The topological polar surface area (TPSA) is 54.5 Å². The van der Waals surface area contributed by atoms with Gasteiger partial charge in [0.2, 0.25) is 5.91 Å². The summed E-state index contributed by atoms with van der Waals surface area (Å²) >= 11 is 1.52. The SMILES string of the molecule is CCc1nc(NC(=O)CN(C)C(C)c2ccccc2OC)sc1C. The first-order valence-electron chi connectivity index (χ1n) is 8.05. The van der Waals surface area contributed by atoms with E-state index in [0.29, 0.717) is 11.7 Å². The van der Waals surface area contributed by atoms with Gasteiger partial charge in [0.25, 0.3) is 0 Å². The molecule has 0 aliphatic rings. The van der Waals surface area contributed by atoms with E-state index in [1.807, 2.05) is 43.1 Å². The third-order valence-corrected chi connectivity index (χ3v) is 5.05. The van der Waals surface area contributed by atoms with E-state index in [9.17, 15) is 4.79 Å². The minimum Gasteiger partial charge on any atom is -0.496 e. The van der Waals surface area contributed by atoms with Crippen LogP contribution in [-0.2, 0) is 11.2 Å². The van der Waals surface area contributed by atoms with Gasteiger partial charge in [-0.1, -0.05) is 25.1 Å². The molecule has 1 aromatic carbocycles. The first kappa shape index (κ1) is 18.4. The van der Waals surface area contributed by atoms with E-state index >= 15 is 0 Å². The molecule has 1 atom stereocenters. The van der Waals surface area contributed by atoms with Crippen molar-refractivity contribution >= 4 is 22.4 Å². The van der Waals surface area contributed by atoms with Crippen LogP contribution in [0.2, 0.25) is 0 Å². The van der Waals surface area contributed by atoms with Gasteiger partial charge in [0, 0.05) is 16.5 Å². The van der Waals surface area contributed by atoms with Crippen LogP contribution in [0.25, 0.3) is 0 Å². The quantitative estimate of drug-likeness (QED) is 0.830. The number of nitrogens with one attached hydrogen (secondary N) is 1. The molecule has 1 N–H and O–H groups in total. The van der Waals surface area contributed by atoms with Crippen LogP contribution in [0.5, 0.6) is 5.75 Å². The van der Waals surface area contributed by atoms with Crippen LogP contribution in [0, 0.1) is 6.92 Å². The number of amides is 1. The van der Waals surface area contributed by atoms with Crippen LogP contribution < -0.4 is 10.1 Å². The Balaban J connectivity index is 2.00. The van der Waals surface area contributed by atoms with Crippen molar-refractivity contribution in [1.29, 1.82) is 0 Å². The Bertz CT molecular complexity index is 699. The fourth-order valence-electron chi connectivity index (χ4n) is 2.58. The van der Waals surface area contributed by atoms with Crippen LogP contribution in [0.15, 0.2) is 24.3 Å². The number of ether oxygens (including phenoxy) is 1. The second-order valence-electron chi connectivity index (χ2n) is 5.76. The number of aryl methyl sites for hydroxylation is 2. The monoisotopic (exact) mass is 347 g/mol. The summed E-state index contributed by atoms with van der Waals surface area (Å²) in [5.74, 6) is 0.774. The third kappa shape index (κ3) is 4.33. The minimum absolute atomic E-state index is 0.0596. The average molecular weight is 347 g/mol. The van der Waals surface area contributed by atoms with Gasteiger partial charge in [0.1, 0.15) is 5.75 Å². The van der Waals surface area contributed by atoms with Gasteiger partial charge in [0.05, 0.1) is 19.3 Å². The van der Waals surface area contributed by atoms with Crippen molar-refractivity contribution in [2.24, 2.45) is 0 Å². The summed E-state index contributed by atoms with van der Waals surface area (Å²) in [6.45, 7) is 6.45. The number of hydrogen-bond donors (Lipinski definition) is 1. The predicted molar refractivity (Wildman–Crippen MR) is 98.9 cm³/mol. The van der Waals surface area contributed by atoms with E-state index in [-0.39, 0.29) is 11.9 Å². The lowest BCUT2D eigenvalue weighted by Crippen LogP contribution is -2.32. The molecule has 130 valence electrons. The molecular formula is C18H25N3O2S. The Morgan fingerprint density at radius 1 is 1.42 bits per heavy atom. The maximum absolute atomic E-state index is 12.3. The normalized spacial score (nSPS) is 12.2. The maximum atomic E-state index is 12.3. The zero-order valence-electron chi connectivity index (χ0n) is 14.9. The lowest BCUT2D eigenvalue weighted by Gasteiger charge is -2.25. The van der Waals surface area contributed by atoms with Crippen molar-refractivity contribution in [2.75, 3.05) is 26.0 Å². The summed E-state index contributed by atoms with van der Waals surface area (Å²) in [4.78, 5) is 19.9. The van der Waals surface area contributed by atoms with Gasteiger partial charge in [-0.05, 0) is 33.4 Å². The number of carbonyl (C=O) groups excluding carboxylic acids is 1. The summed E-state index contributed by atoms with van der Waals surface area (Å²) in [5.41, 5.74) is 2.11. The van der Waals surface area contributed by atoms with E-state index < -0.39 is 0 Å². The summed E-state index contributed by atoms with van der Waals surface area (Å²) in [7, 11) is 3.59. The Kier molecular flexibility index (Phi) is 6.34. The Labute approximate surface area is 147 Å². The summed E-state index contributed by atoms with van der Waals surface area (Å²) in [6.07, 6.45) is 0.878. The number of para-hydroxylation sites is 1. The third-order valence-electron chi connectivity index (χ3n) is 4.12. The summed E-state index contributed by atoms with van der Waals surface area (Å²) < 4.78 is 5.41. The summed E-state index contributed by atoms with van der Waals surface area (Å²) in [6, 6.07) is 7.95. The molecule has 0 saturated heterocycles. The molecule has 2 aromatic rings. The molecule has 0 radical (unpaired) electrons. The van der Waals surface area contributed by atoms with Gasteiger partial charge < -0.3 is 10.1 Å². The van der Waals surface area contributed by atoms with Crippen LogP contribution >= 0.6 is 11.3 Å². The summed E-state index contributed by atoms with van der Waals surface area (Å²) in [5, 5.41) is 3.57. The molecule has 0 aliphatic heterocycles. The molecular weight excluding hydrogens is 322 g/mol. The largest absolute Gasteiger partial charge is 0.496 e. The highest BCUT2D eigenvalue weighted by Crippen LogP contribution is 2.28. The van der Waals surface area contributed by atoms with Gasteiger partial charge in [-0.2, -0.15) is 0 Å². The fraction of sp³-hybridized carbons (Fsp3) is 0.444. The molecule has 1 heterocycles. The molecule has 0 fully saturated rings. The van der Waals surface area contributed by atoms with E-state index in [4.69, 9.17) is 4.74 Å². The minimum atomic E-state index is -0.0596. The average Bonchev–Trinajstić information content (AvgIpc) is 2.93. The molecule has 1 unspecified atom stereocenters. The predicted octanol–water partition coefficient (Wildman–Crippen LogP) is 3.65. The standard InChI is InChI=1S/C18H25N3O2S/c1-6-15-13(3)24-18(19-15)20-17(22)11-21(4)12(2)14-9-7-8-10-16(14)23-5/h7-10,12H,6,11H2,1-5H3,(H,19,20,22). The number of hydrogen-bond acceptors (Lipinski definition) is 5. The number of rotatable bonds is 7. The number of benzene rings is 1. The zero-order valence-corrected chi connectivity index (χ0v) is 15.7. The zero-order chi connectivity index (χ0) is 17.7. The van der Waals surface area contributed by atoms with E-state index in [0.717, 1.165) is 28.3 Å². The molecule has 6 heteroatoms. The number of carbonyl (C=O) groups is 1. The van der Waals surface area contributed by atoms with Crippen LogP contribution in [-0.4, -0.2) is 36.5 Å². The lowest BCUT2D eigenvalue weighted by molar-refractivity contribution is -0.117. The molecule has 24 heavy (non-hydrogen) atoms. The second-order valence-corrected chi connectivity index (χ2v) is 6.96. The van der Waals surface area contributed by atoms with Gasteiger partial charge in [-0.3, -0.25) is 9.69 Å². The van der Waals surface area contributed by atoms with Crippen molar-refractivity contribution in [3.63, 3.8) is 0 Å². The maximum Gasteiger partial charge on any atom is 0.240 e. The molecule has 1 amide bonds. The number of nitrogens with zero attached hydrogens (tertiary/aromatic N) is 2.